The Hall–Kier alpha value is -1.94. The molecule has 0 spiro atoms. The molecular formula is C23H34F3N5S. The smallest absolute Gasteiger partial charge is 0.375 e. The lowest BCUT2D eigenvalue weighted by atomic mass is 10.0. The summed E-state index contributed by atoms with van der Waals surface area (Å²) >= 11 is 4.70. The molecule has 5 nitrogen and oxygen atoms in total. The van der Waals surface area contributed by atoms with Gasteiger partial charge in [0.2, 0.25) is 0 Å². The molecule has 1 heterocycles. The number of rotatable bonds is 9. The van der Waals surface area contributed by atoms with Crippen LogP contribution in [0.2, 0.25) is 0 Å². The van der Waals surface area contributed by atoms with E-state index in [1.807, 2.05) is 25.1 Å². The van der Waals surface area contributed by atoms with Gasteiger partial charge in [-0.3, -0.25) is 15.2 Å². The minimum Gasteiger partial charge on any atom is -0.375 e. The molecule has 1 aromatic carbocycles. The Bertz CT molecular complexity index is 787. The van der Waals surface area contributed by atoms with Gasteiger partial charge in [-0.25, -0.2) is 5.43 Å². The number of nitrogens with two attached hydrogens (primary N) is 1. The van der Waals surface area contributed by atoms with Crippen LogP contribution in [-0.4, -0.2) is 59.9 Å². The third kappa shape index (κ3) is 8.20. The van der Waals surface area contributed by atoms with Gasteiger partial charge in [0.1, 0.15) is 0 Å². The molecule has 0 radical (unpaired) electrons. The summed E-state index contributed by atoms with van der Waals surface area (Å²) < 4.78 is 41.3. The lowest BCUT2D eigenvalue weighted by Crippen LogP contribution is -2.49. The number of halogens is 3. The van der Waals surface area contributed by atoms with Gasteiger partial charge in [0, 0.05) is 50.4 Å². The number of thiocarbonyl (C=S) groups is 1. The predicted octanol–water partition coefficient (Wildman–Crippen LogP) is 3.92. The van der Waals surface area contributed by atoms with E-state index in [0.717, 1.165) is 26.2 Å². The van der Waals surface area contributed by atoms with Gasteiger partial charge < -0.3 is 5.73 Å². The molecule has 178 valence electrons. The summed E-state index contributed by atoms with van der Waals surface area (Å²) in [5, 5.41) is 0.0430. The number of hydrazine groups is 1. The maximum Gasteiger partial charge on any atom is 0.412 e. The maximum absolute atomic E-state index is 13.8. The third-order valence-electron chi connectivity index (χ3n) is 5.91. The van der Waals surface area contributed by atoms with E-state index in [1.54, 1.807) is 13.0 Å². The highest BCUT2D eigenvalue weighted by Crippen LogP contribution is 2.31. The molecule has 1 fully saturated rings. The molecule has 2 unspecified atom stereocenters. The van der Waals surface area contributed by atoms with Crippen LogP contribution in [0.1, 0.15) is 38.8 Å². The minimum atomic E-state index is -4.39. The van der Waals surface area contributed by atoms with Crippen LogP contribution in [0, 0.1) is 0 Å². The van der Waals surface area contributed by atoms with E-state index in [-0.39, 0.29) is 30.2 Å². The van der Waals surface area contributed by atoms with Crippen LogP contribution in [0.4, 0.5) is 13.2 Å². The zero-order valence-corrected chi connectivity index (χ0v) is 19.8. The number of nitrogens with zero attached hydrogens (tertiary/aromatic N) is 2. The molecular weight excluding hydrogens is 435 g/mol. The van der Waals surface area contributed by atoms with E-state index < -0.39 is 11.7 Å². The number of hydrogen-bond donors (Lipinski definition) is 3. The van der Waals surface area contributed by atoms with E-state index in [2.05, 4.69) is 39.7 Å². The van der Waals surface area contributed by atoms with Gasteiger partial charge in [-0.1, -0.05) is 48.1 Å². The Morgan fingerprint density at radius 1 is 1.12 bits per heavy atom. The molecule has 0 bridgehead atoms. The highest BCUT2D eigenvalue weighted by Gasteiger charge is 2.35. The number of piperazine rings is 1. The van der Waals surface area contributed by atoms with Crippen molar-refractivity contribution in [3.63, 3.8) is 0 Å². The van der Waals surface area contributed by atoms with Crippen molar-refractivity contribution in [2.24, 2.45) is 5.73 Å². The zero-order chi connectivity index (χ0) is 23.7. The van der Waals surface area contributed by atoms with Crippen LogP contribution in [0.3, 0.4) is 0 Å². The van der Waals surface area contributed by atoms with Gasteiger partial charge in [0.15, 0.2) is 5.11 Å². The summed E-state index contributed by atoms with van der Waals surface area (Å²) in [6.07, 6.45) is -1.52. The van der Waals surface area contributed by atoms with Crippen molar-refractivity contribution >= 4 is 17.3 Å². The molecule has 1 aromatic rings. The van der Waals surface area contributed by atoms with Crippen LogP contribution < -0.4 is 16.6 Å². The number of nitrogens with one attached hydrogen (secondary N) is 2. The van der Waals surface area contributed by atoms with Gasteiger partial charge in [0.05, 0.1) is 0 Å². The van der Waals surface area contributed by atoms with E-state index in [0.29, 0.717) is 5.57 Å². The number of alkyl halides is 3. The molecule has 0 aromatic heterocycles. The predicted molar refractivity (Wildman–Crippen MR) is 128 cm³/mol. The Morgan fingerprint density at radius 3 is 2.25 bits per heavy atom. The van der Waals surface area contributed by atoms with E-state index in [1.165, 1.54) is 11.6 Å². The molecule has 1 aliphatic rings. The maximum atomic E-state index is 13.8. The summed E-state index contributed by atoms with van der Waals surface area (Å²) in [5.41, 5.74) is 12.0. The fraction of sp³-hybridized carbons (Fsp3) is 0.522. The Kier molecular flexibility index (Phi) is 10.1. The van der Waals surface area contributed by atoms with Crippen molar-refractivity contribution in [3.8, 4) is 0 Å². The van der Waals surface area contributed by atoms with Gasteiger partial charge in [-0.2, -0.15) is 13.2 Å². The van der Waals surface area contributed by atoms with Gasteiger partial charge in [0.25, 0.3) is 0 Å². The largest absolute Gasteiger partial charge is 0.412 e. The summed E-state index contributed by atoms with van der Waals surface area (Å²) in [6.45, 7) is 9.06. The molecule has 0 aliphatic carbocycles. The normalized spacial score (nSPS) is 18.9. The first-order chi connectivity index (χ1) is 15.1. The van der Waals surface area contributed by atoms with Crippen molar-refractivity contribution in [3.05, 3.63) is 59.2 Å². The average molecular weight is 470 g/mol. The van der Waals surface area contributed by atoms with Crippen LogP contribution >= 0.6 is 12.2 Å². The molecule has 1 aliphatic heterocycles. The number of benzene rings is 1. The van der Waals surface area contributed by atoms with Gasteiger partial charge in [-0.15, -0.1) is 0 Å². The first-order valence-corrected chi connectivity index (χ1v) is 11.3. The lowest BCUT2D eigenvalue weighted by Gasteiger charge is -2.40. The summed E-state index contributed by atoms with van der Waals surface area (Å²) in [7, 11) is 0. The second-order valence-corrected chi connectivity index (χ2v) is 8.50. The Labute approximate surface area is 194 Å². The first kappa shape index (κ1) is 26.3. The standard InChI is InChI=1S/C23H34F3N5S/c1-4-19(16-28-29-22(27)32)15-21(23(24,25)26)14-17(2)30-10-12-31(13-11-30)18(3)20-8-6-5-7-9-20/h4-9,14,17-18,28H,10-13,15-16H2,1-3H3,(H3,27,29,32)/b19-4+,21-14+. The quantitative estimate of drug-likeness (QED) is 0.290. The van der Waals surface area contributed by atoms with Gasteiger partial charge in [-0.05, 0) is 45.0 Å². The van der Waals surface area contributed by atoms with Crippen molar-refractivity contribution in [2.75, 3.05) is 32.7 Å². The van der Waals surface area contributed by atoms with Gasteiger partial charge >= 0.3 is 6.18 Å². The monoisotopic (exact) mass is 469 g/mol. The SMILES string of the molecule is C/C=C(/CNNC(N)=S)C/C(=C\C(C)N1CCN(C(C)c2ccccc2)CC1)C(F)(F)F. The minimum absolute atomic E-state index is 0.0430. The lowest BCUT2D eigenvalue weighted by molar-refractivity contribution is -0.0939. The molecule has 2 atom stereocenters. The second-order valence-electron chi connectivity index (χ2n) is 8.06. The molecule has 9 heteroatoms. The summed E-state index contributed by atoms with van der Waals surface area (Å²) in [5.74, 6) is 0. The number of allylic oxidation sites excluding steroid dienone is 2. The fourth-order valence-electron chi connectivity index (χ4n) is 3.88. The average Bonchev–Trinajstić information content (AvgIpc) is 2.77. The summed E-state index contributed by atoms with van der Waals surface area (Å²) in [6, 6.07) is 10.3. The van der Waals surface area contributed by atoms with E-state index in [4.69, 9.17) is 18.0 Å². The fourth-order valence-corrected chi connectivity index (χ4v) is 3.95. The molecule has 1 saturated heterocycles. The van der Waals surface area contributed by atoms with Crippen LogP contribution in [0.5, 0.6) is 0 Å². The van der Waals surface area contributed by atoms with Crippen molar-refractivity contribution < 1.29 is 13.2 Å². The first-order valence-electron chi connectivity index (χ1n) is 10.8. The Balaban J connectivity index is 1.99. The van der Waals surface area contributed by atoms with Crippen molar-refractivity contribution in [1.29, 1.82) is 0 Å². The highest BCUT2D eigenvalue weighted by atomic mass is 32.1. The highest BCUT2D eigenvalue weighted by molar-refractivity contribution is 7.80. The zero-order valence-electron chi connectivity index (χ0n) is 19.0. The third-order valence-corrected chi connectivity index (χ3v) is 6.02. The van der Waals surface area contributed by atoms with E-state index in [9.17, 15) is 13.2 Å². The molecule has 0 saturated carbocycles. The van der Waals surface area contributed by atoms with Crippen molar-refractivity contribution in [1.82, 2.24) is 20.7 Å². The van der Waals surface area contributed by atoms with Crippen LogP contribution in [0.15, 0.2) is 53.6 Å². The van der Waals surface area contributed by atoms with Crippen LogP contribution in [0.25, 0.3) is 0 Å². The molecule has 0 amide bonds. The summed E-state index contributed by atoms with van der Waals surface area (Å²) in [4.78, 5) is 4.49. The molecule has 2 rings (SSSR count). The second kappa shape index (κ2) is 12.3. The van der Waals surface area contributed by atoms with E-state index >= 15 is 0 Å². The molecule has 32 heavy (non-hydrogen) atoms. The topological polar surface area (TPSA) is 56.6 Å². The number of hydrogen-bond acceptors (Lipinski definition) is 4. The van der Waals surface area contributed by atoms with Crippen LogP contribution in [-0.2, 0) is 0 Å². The Morgan fingerprint density at radius 2 is 1.72 bits per heavy atom. The van der Waals surface area contributed by atoms with Crippen molar-refractivity contribution in [2.45, 2.75) is 45.5 Å². The molecule has 4 N–H and O–H groups in total.